The predicted octanol–water partition coefficient (Wildman–Crippen LogP) is 1.89. The minimum atomic E-state index is -3.80. The van der Waals surface area contributed by atoms with Crippen LogP contribution in [0.25, 0.3) is 0 Å². The van der Waals surface area contributed by atoms with Gasteiger partial charge in [-0.1, -0.05) is 0 Å². The molecule has 1 fully saturated rings. The molecule has 1 heterocycles. The molecule has 7 heteroatoms. The van der Waals surface area contributed by atoms with Crippen LogP contribution in [0.4, 0.5) is 0 Å². The summed E-state index contributed by atoms with van der Waals surface area (Å²) in [7, 11) is 1.51. The summed E-state index contributed by atoms with van der Waals surface area (Å²) in [5.41, 5.74) is 0.352. The number of halogens is 1. The number of hydrogen-bond donors (Lipinski definition) is 1. The van der Waals surface area contributed by atoms with E-state index in [-0.39, 0.29) is 22.9 Å². The van der Waals surface area contributed by atoms with Gasteiger partial charge < -0.3 is 9.88 Å². The van der Waals surface area contributed by atoms with Crippen molar-refractivity contribution in [1.29, 1.82) is 0 Å². The maximum Gasteiger partial charge on any atom is 0.268 e. The first-order chi connectivity index (χ1) is 8.29. The van der Waals surface area contributed by atoms with E-state index in [1.165, 1.54) is 12.3 Å². The lowest BCUT2D eigenvalue weighted by atomic mass is 10.3. The quantitative estimate of drug-likeness (QED) is 0.861. The number of aromatic nitrogens is 1. The molecule has 1 N–H and O–H groups in total. The number of nitrogens with zero attached hydrogens (tertiary/aromatic N) is 1. The van der Waals surface area contributed by atoms with Crippen LogP contribution in [0.1, 0.15) is 43.2 Å². The van der Waals surface area contributed by atoms with Crippen molar-refractivity contribution >= 4 is 25.6 Å². The Hall–Kier alpha value is -1.01. The van der Waals surface area contributed by atoms with Crippen LogP contribution < -0.4 is 5.32 Å². The summed E-state index contributed by atoms with van der Waals surface area (Å²) in [4.78, 5) is 12.0. The molecule has 0 aromatic carbocycles. The minimum Gasteiger partial charge on any atom is -0.349 e. The van der Waals surface area contributed by atoms with Gasteiger partial charge in [-0.2, -0.15) is 0 Å². The van der Waals surface area contributed by atoms with E-state index in [1.807, 2.05) is 13.8 Å². The fourth-order valence-electron chi connectivity index (χ4n) is 1.76. The van der Waals surface area contributed by atoms with Gasteiger partial charge in [0.25, 0.3) is 15.0 Å². The molecule has 0 bridgehead atoms. The summed E-state index contributed by atoms with van der Waals surface area (Å²) in [5, 5.41) is 2.75. The largest absolute Gasteiger partial charge is 0.349 e. The highest BCUT2D eigenvalue weighted by molar-refractivity contribution is 8.13. The maximum absolute atomic E-state index is 12.0. The van der Waals surface area contributed by atoms with E-state index in [2.05, 4.69) is 5.32 Å². The van der Waals surface area contributed by atoms with E-state index >= 15 is 0 Å². The monoisotopic (exact) mass is 290 g/mol. The van der Waals surface area contributed by atoms with Gasteiger partial charge in [0.1, 0.15) is 10.6 Å². The van der Waals surface area contributed by atoms with Crippen LogP contribution in [-0.4, -0.2) is 24.9 Å². The van der Waals surface area contributed by atoms with Crippen molar-refractivity contribution in [1.82, 2.24) is 9.88 Å². The average molecular weight is 291 g/mol. The van der Waals surface area contributed by atoms with Gasteiger partial charge in [0, 0.05) is 29.0 Å². The molecule has 2 rings (SSSR count). The summed E-state index contributed by atoms with van der Waals surface area (Å²) < 4.78 is 24.3. The lowest BCUT2D eigenvalue weighted by molar-refractivity contribution is 0.0933. The van der Waals surface area contributed by atoms with Gasteiger partial charge >= 0.3 is 0 Å². The summed E-state index contributed by atoms with van der Waals surface area (Å²) in [6.45, 7) is 3.70. The molecule has 0 spiro atoms. The molecule has 18 heavy (non-hydrogen) atoms. The second-order valence-electron chi connectivity index (χ2n) is 4.77. The van der Waals surface area contributed by atoms with E-state index in [9.17, 15) is 13.2 Å². The maximum atomic E-state index is 12.0. The molecule has 0 aliphatic heterocycles. The first-order valence-electron chi connectivity index (χ1n) is 5.76. The third-order valence-electron chi connectivity index (χ3n) is 2.70. The van der Waals surface area contributed by atoms with Gasteiger partial charge in [0.2, 0.25) is 0 Å². The van der Waals surface area contributed by atoms with E-state index < -0.39 is 9.05 Å². The summed E-state index contributed by atoms with van der Waals surface area (Å²) >= 11 is 0. The molecule has 1 amide bonds. The van der Waals surface area contributed by atoms with Crippen LogP contribution in [0.15, 0.2) is 17.2 Å². The Balaban J connectivity index is 2.39. The SMILES string of the molecule is CC(C)NC(=O)c1cc(S(=O)(=O)Cl)cn1C1CC1. The van der Waals surface area contributed by atoms with Crippen LogP contribution in [-0.2, 0) is 9.05 Å². The molecular formula is C11H15ClN2O3S. The highest BCUT2D eigenvalue weighted by Crippen LogP contribution is 2.37. The van der Waals surface area contributed by atoms with Gasteiger partial charge in [-0.05, 0) is 32.8 Å². The van der Waals surface area contributed by atoms with E-state index in [4.69, 9.17) is 10.7 Å². The first-order valence-corrected chi connectivity index (χ1v) is 8.07. The van der Waals surface area contributed by atoms with Crippen molar-refractivity contribution in [3.8, 4) is 0 Å². The first kappa shape index (κ1) is 13.4. The Kier molecular flexibility index (Phi) is 3.42. The van der Waals surface area contributed by atoms with Crippen molar-refractivity contribution in [2.45, 2.75) is 43.7 Å². The number of hydrogen-bond acceptors (Lipinski definition) is 3. The molecule has 0 unspecified atom stereocenters. The van der Waals surface area contributed by atoms with Crippen LogP contribution in [0.2, 0.25) is 0 Å². The smallest absolute Gasteiger partial charge is 0.268 e. The number of carbonyl (C=O) groups excluding carboxylic acids is 1. The van der Waals surface area contributed by atoms with Crippen LogP contribution in [0.5, 0.6) is 0 Å². The molecular weight excluding hydrogens is 276 g/mol. The van der Waals surface area contributed by atoms with Crippen LogP contribution >= 0.6 is 10.7 Å². The van der Waals surface area contributed by atoms with E-state index in [0.717, 1.165) is 12.8 Å². The molecule has 1 aliphatic carbocycles. The lowest BCUT2D eigenvalue weighted by Crippen LogP contribution is -2.31. The van der Waals surface area contributed by atoms with Crippen molar-refractivity contribution in [3.05, 3.63) is 18.0 Å². The highest BCUT2D eigenvalue weighted by Gasteiger charge is 2.30. The number of nitrogens with one attached hydrogen (secondary N) is 1. The third-order valence-corrected chi connectivity index (χ3v) is 4.02. The zero-order valence-electron chi connectivity index (χ0n) is 10.2. The molecule has 0 radical (unpaired) electrons. The van der Waals surface area contributed by atoms with Gasteiger partial charge in [-0.3, -0.25) is 4.79 Å². The van der Waals surface area contributed by atoms with Crippen molar-refractivity contribution in [2.75, 3.05) is 0 Å². The summed E-state index contributed by atoms with van der Waals surface area (Å²) in [5.74, 6) is -0.275. The van der Waals surface area contributed by atoms with Crippen LogP contribution in [0.3, 0.4) is 0 Å². The number of amides is 1. The second-order valence-corrected chi connectivity index (χ2v) is 7.33. The number of rotatable bonds is 4. The second kappa shape index (κ2) is 4.59. The topological polar surface area (TPSA) is 68.2 Å². The van der Waals surface area contributed by atoms with Gasteiger partial charge in [-0.15, -0.1) is 0 Å². The minimum absolute atomic E-state index is 0.00360. The predicted molar refractivity (Wildman–Crippen MR) is 68.3 cm³/mol. The zero-order valence-corrected chi connectivity index (χ0v) is 11.8. The zero-order chi connectivity index (χ0) is 13.5. The molecule has 5 nitrogen and oxygen atoms in total. The summed E-state index contributed by atoms with van der Waals surface area (Å²) in [6.07, 6.45) is 3.35. The fourth-order valence-corrected chi connectivity index (χ4v) is 2.51. The van der Waals surface area contributed by atoms with Crippen LogP contribution in [0, 0.1) is 0 Å². The molecule has 1 aliphatic rings. The standard InChI is InChI=1S/C11H15ClN2O3S/c1-7(2)13-11(15)10-5-9(18(12,16)17)6-14(10)8-3-4-8/h5-8H,3-4H2,1-2H3,(H,13,15). The molecule has 1 aromatic rings. The Bertz CT molecular complexity index is 573. The van der Waals surface area contributed by atoms with Crippen molar-refractivity contribution < 1.29 is 13.2 Å². The molecule has 1 aromatic heterocycles. The van der Waals surface area contributed by atoms with Crippen molar-refractivity contribution in [2.24, 2.45) is 0 Å². The van der Waals surface area contributed by atoms with Gasteiger partial charge in [0.15, 0.2) is 0 Å². The Labute approximate surface area is 111 Å². The molecule has 0 atom stereocenters. The van der Waals surface area contributed by atoms with Gasteiger partial charge in [0.05, 0.1) is 0 Å². The lowest BCUT2D eigenvalue weighted by Gasteiger charge is -2.10. The fraction of sp³-hybridized carbons (Fsp3) is 0.545. The highest BCUT2D eigenvalue weighted by atomic mass is 35.7. The van der Waals surface area contributed by atoms with E-state index in [1.54, 1.807) is 4.57 Å². The Morgan fingerprint density at radius 2 is 2.11 bits per heavy atom. The Morgan fingerprint density at radius 3 is 2.56 bits per heavy atom. The Morgan fingerprint density at radius 1 is 1.50 bits per heavy atom. The average Bonchev–Trinajstić information content (AvgIpc) is 2.94. The number of carbonyl (C=O) groups is 1. The normalized spacial score (nSPS) is 16.0. The summed E-state index contributed by atoms with van der Waals surface area (Å²) in [6, 6.07) is 1.54. The molecule has 0 saturated heterocycles. The van der Waals surface area contributed by atoms with Gasteiger partial charge in [-0.25, -0.2) is 8.42 Å². The van der Waals surface area contributed by atoms with E-state index in [0.29, 0.717) is 5.69 Å². The third kappa shape index (κ3) is 2.87. The molecule has 100 valence electrons. The van der Waals surface area contributed by atoms with Crippen molar-refractivity contribution in [3.63, 3.8) is 0 Å². The molecule has 1 saturated carbocycles.